The molecule has 0 saturated carbocycles. The zero-order chi connectivity index (χ0) is 12.1. The molecule has 1 aliphatic heterocycles. The van der Waals surface area contributed by atoms with Crippen molar-refractivity contribution in [2.45, 2.75) is 4.90 Å². The van der Waals surface area contributed by atoms with Crippen molar-refractivity contribution in [1.82, 2.24) is 0 Å². The van der Waals surface area contributed by atoms with Gasteiger partial charge >= 0.3 is 0 Å². The smallest absolute Gasteiger partial charge is 0.173 e. The van der Waals surface area contributed by atoms with Crippen LogP contribution in [0.1, 0.15) is 5.56 Å². The third-order valence-corrected chi connectivity index (χ3v) is 4.47. The van der Waals surface area contributed by atoms with Crippen molar-refractivity contribution in [3.8, 4) is 0 Å². The van der Waals surface area contributed by atoms with Gasteiger partial charge in [-0.15, -0.1) is 0 Å². The Morgan fingerprint density at radius 3 is 2.61 bits per heavy atom. The van der Waals surface area contributed by atoms with E-state index in [4.69, 9.17) is 0 Å². The molecule has 0 aromatic heterocycles. The van der Waals surface area contributed by atoms with Crippen molar-refractivity contribution in [1.29, 1.82) is 0 Å². The van der Waals surface area contributed by atoms with E-state index in [0.29, 0.717) is 0 Å². The van der Waals surface area contributed by atoms with Gasteiger partial charge in [0.05, 0.1) is 4.90 Å². The fraction of sp³-hybridized carbons (Fsp3) is 0. The minimum atomic E-state index is -1.25. The minimum Gasteiger partial charge on any atom is -0.229 e. The Morgan fingerprint density at radius 1 is 0.833 bits per heavy atom. The van der Waals surface area contributed by atoms with E-state index >= 15 is 0 Å². The zero-order valence-electron chi connectivity index (χ0n) is 9.46. The summed E-state index contributed by atoms with van der Waals surface area (Å²) in [5.74, 6) is 0. The summed E-state index contributed by atoms with van der Waals surface area (Å²) in [4.78, 5) is 0.846. The van der Waals surface area contributed by atoms with Crippen LogP contribution in [0.3, 0.4) is 0 Å². The van der Waals surface area contributed by atoms with Gasteiger partial charge in [0.1, 0.15) is 0 Å². The second kappa shape index (κ2) is 3.50. The van der Waals surface area contributed by atoms with Crippen molar-refractivity contribution in [3.05, 3.63) is 54.1 Å². The fourth-order valence-corrected chi connectivity index (χ4v) is 3.53. The van der Waals surface area contributed by atoms with E-state index in [-0.39, 0.29) is 0 Å². The largest absolute Gasteiger partial charge is 0.229 e. The first kappa shape index (κ1) is 9.97. The van der Waals surface area contributed by atoms with E-state index in [0.717, 1.165) is 21.2 Å². The van der Waals surface area contributed by atoms with Crippen LogP contribution in [0.5, 0.6) is 0 Å². The van der Waals surface area contributed by atoms with Gasteiger partial charge in [-0.3, -0.25) is 0 Å². The molecule has 0 amide bonds. The van der Waals surface area contributed by atoms with Crippen LogP contribution in [-0.4, -0.2) is 10.4 Å². The topological polar surface area (TPSA) is 29.4 Å². The summed E-state index contributed by atoms with van der Waals surface area (Å²) in [6.45, 7) is 0. The van der Waals surface area contributed by atoms with Crippen LogP contribution >= 0.6 is 0 Å². The Labute approximate surface area is 107 Å². The molecule has 1 aliphatic rings. The third kappa shape index (κ3) is 1.22. The molecule has 1 atom stereocenters. The molecule has 0 fully saturated rings. The van der Waals surface area contributed by atoms with Crippen LogP contribution in [0.25, 0.3) is 21.5 Å². The van der Waals surface area contributed by atoms with Crippen LogP contribution < -0.4 is 0 Å². The van der Waals surface area contributed by atoms with Crippen LogP contribution in [0.15, 0.2) is 57.8 Å². The van der Waals surface area contributed by atoms with E-state index < -0.39 is 11.0 Å². The molecule has 2 nitrogen and oxygen atoms in total. The monoisotopic (exact) mass is 251 g/mol. The Hall–Kier alpha value is -2.00. The molecule has 18 heavy (non-hydrogen) atoms. The van der Waals surface area contributed by atoms with Gasteiger partial charge in [-0.1, -0.05) is 48.5 Å². The molecule has 3 aromatic rings. The van der Waals surface area contributed by atoms with Gasteiger partial charge < -0.3 is 0 Å². The minimum absolute atomic E-state index is 0.846. The number of rotatable bonds is 0. The van der Waals surface area contributed by atoms with E-state index in [1.807, 2.05) is 24.3 Å². The Balaban J connectivity index is 2.24. The second-order valence-electron chi connectivity index (χ2n) is 4.35. The van der Waals surface area contributed by atoms with Gasteiger partial charge in [-0.25, -0.2) is 4.21 Å². The molecule has 0 N–H and O–H groups in total. The molecule has 1 unspecified atom stereocenters. The van der Waals surface area contributed by atoms with E-state index in [1.165, 1.54) is 10.8 Å². The first-order chi connectivity index (χ1) is 8.84. The fourth-order valence-electron chi connectivity index (χ4n) is 2.53. The zero-order valence-corrected chi connectivity index (χ0v) is 10.3. The summed E-state index contributed by atoms with van der Waals surface area (Å²) in [7, 11) is -1.25. The molecule has 0 saturated heterocycles. The lowest BCUT2D eigenvalue weighted by atomic mass is 10.0. The first-order valence-electron chi connectivity index (χ1n) is 5.75. The van der Waals surface area contributed by atoms with Gasteiger partial charge in [0.25, 0.3) is 0 Å². The summed E-state index contributed by atoms with van der Waals surface area (Å²) < 4.78 is 15.9. The molecule has 4 rings (SSSR count). The van der Waals surface area contributed by atoms with Crippen LogP contribution in [0.2, 0.25) is 0 Å². The van der Waals surface area contributed by atoms with Crippen molar-refractivity contribution in [3.63, 3.8) is 0 Å². The maximum absolute atomic E-state index is 11.9. The molecular formula is C15H9NOS. The molecule has 3 heteroatoms. The first-order valence-corrected chi connectivity index (χ1v) is 6.86. The van der Waals surface area contributed by atoms with Gasteiger partial charge in [0, 0.05) is 17.2 Å². The van der Waals surface area contributed by atoms with Gasteiger partial charge in [-0.2, -0.15) is 4.40 Å². The standard InChI is InChI=1S/C15H9NOS/c17-18-15-11(9-16-18)6-7-13-12-4-2-1-3-10(12)5-8-14(13)15/h1-9H. The molecular weight excluding hydrogens is 242 g/mol. The van der Waals surface area contributed by atoms with Crippen LogP contribution in [-0.2, 0) is 11.0 Å². The SMILES string of the molecule is O=S1N=Cc2ccc3c(ccc4ccccc43)c21. The van der Waals surface area contributed by atoms with Gasteiger partial charge in [0.15, 0.2) is 11.0 Å². The lowest BCUT2D eigenvalue weighted by Crippen LogP contribution is -1.89. The highest BCUT2D eigenvalue weighted by Gasteiger charge is 2.18. The predicted molar refractivity (Wildman–Crippen MR) is 75.5 cm³/mol. The Kier molecular flexibility index (Phi) is 1.94. The van der Waals surface area contributed by atoms with Crippen molar-refractivity contribution >= 4 is 38.7 Å². The van der Waals surface area contributed by atoms with Crippen molar-refractivity contribution in [2.24, 2.45) is 4.40 Å². The van der Waals surface area contributed by atoms with Crippen molar-refractivity contribution in [2.75, 3.05) is 0 Å². The van der Waals surface area contributed by atoms with Crippen LogP contribution in [0, 0.1) is 0 Å². The normalized spacial score (nSPS) is 17.4. The van der Waals surface area contributed by atoms with E-state index in [9.17, 15) is 4.21 Å². The average Bonchev–Trinajstić information content (AvgIpc) is 2.80. The molecule has 0 radical (unpaired) electrons. The van der Waals surface area contributed by atoms with Gasteiger partial charge in [-0.05, 0) is 16.2 Å². The van der Waals surface area contributed by atoms with Crippen LogP contribution in [0.4, 0.5) is 0 Å². The lowest BCUT2D eigenvalue weighted by molar-refractivity contribution is 0.686. The summed E-state index contributed by atoms with van der Waals surface area (Å²) in [5, 5.41) is 4.59. The highest BCUT2D eigenvalue weighted by atomic mass is 32.2. The quantitative estimate of drug-likeness (QED) is 0.563. The number of benzene rings is 3. The number of hydrogen-bond acceptors (Lipinski definition) is 1. The Bertz CT molecular complexity index is 852. The molecule has 1 heterocycles. The summed E-state index contributed by atoms with van der Waals surface area (Å²) in [6, 6.07) is 16.5. The highest BCUT2D eigenvalue weighted by molar-refractivity contribution is 7.84. The summed E-state index contributed by atoms with van der Waals surface area (Å²) in [5.41, 5.74) is 0.969. The lowest BCUT2D eigenvalue weighted by Gasteiger charge is -2.06. The summed E-state index contributed by atoms with van der Waals surface area (Å²) >= 11 is 0. The van der Waals surface area contributed by atoms with E-state index in [2.05, 4.69) is 28.7 Å². The number of hydrogen-bond donors (Lipinski definition) is 0. The predicted octanol–water partition coefficient (Wildman–Crippen LogP) is 3.45. The summed E-state index contributed by atoms with van der Waals surface area (Å²) in [6.07, 6.45) is 1.69. The molecule has 0 bridgehead atoms. The molecule has 0 spiro atoms. The van der Waals surface area contributed by atoms with E-state index in [1.54, 1.807) is 6.21 Å². The van der Waals surface area contributed by atoms with Gasteiger partial charge in [0.2, 0.25) is 0 Å². The molecule has 86 valence electrons. The average molecular weight is 251 g/mol. The number of fused-ring (bicyclic) bond motifs is 5. The maximum Gasteiger partial charge on any atom is 0.173 e. The Morgan fingerprint density at radius 2 is 1.67 bits per heavy atom. The van der Waals surface area contributed by atoms with Crippen molar-refractivity contribution < 1.29 is 4.21 Å². The molecule has 0 aliphatic carbocycles. The highest BCUT2D eigenvalue weighted by Crippen LogP contribution is 2.33. The number of nitrogens with zero attached hydrogens (tertiary/aromatic N) is 1. The maximum atomic E-state index is 11.9. The third-order valence-electron chi connectivity index (χ3n) is 3.37. The second-order valence-corrected chi connectivity index (χ2v) is 5.47. The molecule has 3 aromatic carbocycles.